The van der Waals surface area contributed by atoms with E-state index in [0.29, 0.717) is 47.9 Å². The monoisotopic (exact) mass is 621 g/mol. The molecule has 12 nitrogen and oxygen atoms in total. The van der Waals surface area contributed by atoms with Gasteiger partial charge in [-0.15, -0.1) is 0 Å². The Bertz CT molecular complexity index is 1780. The number of nitrogens with two attached hydrogens (primary N) is 1. The fourth-order valence-corrected chi connectivity index (χ4v) is 5.40. The molecule has 0 spiro atoms. The van der Waals surface area contributed by atoms with E-state index in [1.54, 1.807) is 41.7 Å². The molecule has 45 heavy (non-hydrogen) atoms. The van der Waals surface area contributed by atoms with Gasteiger partial charge in [0.1, 0.15) is 0 Å². The number of likely N-dealkylation sites (N-methyl/N-ethyl adjacent to an activating group) is 1. The van der Waals surface area contributed by atoms with E-state index in [1.807, 2.05) is 13.0 Å². The van der Waals surface area contributed by atoms with Gasteiger partial charge >= 0.3 is 0 Å². The molecular formula is C31H35F2N8O4+. The first-order chi connectivity index (χ1) is 21.4. The number of carbonyl (C=O) groups is 3. The lowest BCUT2D eigenvalue weighted by Crippen LogP contribution is -2.63. The van der Waals surface area contributed by atoms with E-state index in [2.05, 4.69) is 20.6 Å². The second-order valence-electron chi connectivity index (χ2n) is 11.6. The van der Waals surface area contributed by atoms with Crippen molar-refractivity contribution in [3.63, 3.8) is 0 Å². The van der Waals surface area contributed by atoms with Gasteiger partial charge in [-0.2, -0.15) is 4.39 Å². The number of amides is 3. The van der Waals surface area contributed by atoms with Crippen molar-refractivity contribution >= 4 is 34.9 Å². The molecule has 14 heteroatoms. The van der Waals surface area contributed by atoms with Crippen molar-refractivity contribution in [1.82, 2.24) is 24.6 Å². The standard InChI is InChI=1S/C31H34F2N8O4/c1-5-18-12-19(6-7-21(18)31(44)38-20-14-39(15-20)26(43)17-41(2,3)16-25(34)42)37-29-30-36-13-23(40(30)11-10-35-29)22-8-9-24(45-4)28(33)27(22)32/h6-13,20H,5,14-17H2,1-4H3,(H3-,34,35,37,38,42,44)/p+1. The minimum atomic E-state index is -1.09. The molecule has 1 aliphatic heterocycles. The molecule has 4 aromatic rings. The van der Waals surface area contributed by atoms with Gasteiger partial charge in [-0.1, -0.05) is 6.92 Å². The highest BCUT2D eigenvalue weighted by Crippen LogP contribution is 2.31. The van der Waals surface area contributed by atoms with Gasteiger partial charge in [-0.25, -0.2) is 14.4 Å². The van der Waals surface area contributed by atoms with Gasteiger partial charge in [0.05, 0.1) is 39.1 Å². The number of rotatable bonds is 11. The number of nitrogens with zero attached hydrogens (tertiary/aromatic N) is 5. The topological polar surface area (TPSA) is 144 Å². The molecule has 3 amide bonds. The van der Waals surface area contributed by atoms with E-state index < -0.39 is 17.5 Å². The molecule has 0 aliphatic carbocycles. The van der Waals surface area contributed by atoms with Crippen LogP contribution in [0.25, 0.3) is 16.9 Å². The number of benzene rings is 2. The minimum absolute atomic E-state index is 0.0200. The van der Waals surface area contributed by atoms with Crippen molar-refractivity contribution < 1.29 is 32.4 Å². The third-order valence-electron chi connectivity index (χ3n) is 7.68. The molecule has 1 aliphatic rings. The predicted molar refractivity (Wildman–Crippen MR) is 163 cm³/mol. The quantitative estimate of drug-likeness (QED) is 0.218. The highest BCUT2D eigenvalue weighted by atomic mass is 19.2. The summed E-state index contributed by atoms with van der Waals surface area (Å²) in [5.41, 5.74) is 7.99. The number of nitrogens with one attached hydrogen (secondary N) is 2. The predicted octanol–water partition coefficient (Wildman–Crippen LogP) is 2.49. The maximum Gasteiger partial charge on any atom is 0.277 e. The smallest absolute Gasteiger partial charge is 0.277 e. The number of aryl methyl sites for hydroxylation is 1. The number of methoxy groups -OCH3 is 1. The van der Waals surface area contributed by atoms with Gasteiger partial charge in [0.15, 0.2) is 36.1 Å². The zero-order chi connectivity index (χ0) is 32.5. The van der Waals surface area contributed by atoms with Gasteiger partial charge in [-0.3, -0.25) is 18.8 Å². The fraction of sp³-hybridized carbons (Fsp3) is 0.323. The highest BCUT2D eigenvalue weighted by molar-refractivity contribution is 5.96. The van der Waals surface area contributed by atoms with E-state index >= 15 is 0 Å². The molecule has 1 saturated heterocycles. The molecule has 0 radical (unpaired) electrons. The molecule has 1 fully saturated rings. The zero-order valence-corrected chi connectivity index (χ0v) is 25.4. The van der Waals surface area contributed by atoms with Crippen LogP contribution in [0.5, 0.6) is 5.75 Å². The van der Waals surface area contributed by atoms with Crippen molar-refractivity contribution in [2.24, 2.45) is 5.73 Å². The second-order valence-corrected chi connectivity index (χ2v) is 11.6. The number of halogens is 2. The molecule has 0 saturated carbocycles. The number of ether oxygens (including phenoxy) is 1. The lowest BCUT2D eigenvalue weighted by Gasteiger charge is -2.41. The van der Waals surface area contributed by atoms with Crippen molar-refractivity contribution in [3.05, 3.63) is 71.7 Å². The molecular weight excluding hydrogens is 586 g/mol. The summed E-state index contributed by atoms with van der Waals surface area (Å²) < 4.78 is 35.9. The van der Waals surface area contributed by atoms with Crippen molar-refractivity contribution in [3.8, 4) is 17.0 Å². The summed E-state index contributed by atoms with van der Waals surface area (Å²) >= 11 is 0. The van der Waals surface area contributed by atoms with Crippen molar-refractivity contribution in [1.29, 1.82) is 0 Å². The molecule has 2 aromatic heterocycles. The maximum absolute atomic E-state index is 14.8. The Morgan fingerprint density at radius 2 is 1.84 bits per heavy atom. The van der Waals surface area contributed by atoms with E-state index in [0.717, 1.165) is 5.56 Å². The van der Waals surface area contributed by atoms with Crippen LogP contribution < -0.4 is 21.1 Å². The number of likely N-dealkylation sites (tertiary alicyclic amines) is 1. The van der Waals surface area contributed by atoms with Crippen LogP contribution in [0.2, 0.25) is 0 Å². The van der Waals surface area contributed by atoms with E-state index in [9.17, 15) is 23.2 Å². The number of imidazole rings is 1. The number of quaternary nitrogens is 1. The number of carbonyl (C=O) groups excluding carboxylic acids is 3. The van der Waals surface area contributed by atoms with Crippen LogP contribution in [-0.4, -0.2) is 94.9 Å². The molecule has 2 aromatic carbocycles. The lowest BCUT2D eigenvalue weighted by atomic mass is 10.0. The first kappa shape index (κ1) is 31.3. The Morgan fingerprint density at radius 3 is 2.53 bits per heavy atom. The number of aromatic nitrogens is 3. The molecule has 3 heterocycles. The fourth-order valence-electron chi connectivity index (χ4n) is 5.40. The number of fused-ring (bicyclic) bond motifs is 1. The van der Waals surface area contributed by atoms with Gasteiger partial charge in [0.2, 0.25) is 5.82 Å². The summed E-state index contributed by atoms with van der Waals surface area (Å²) in [7, 11) is 4.80. The summed E-state index contributed by atoms with van der Waals surface area (Å²) in [6.07, 6.45) is 5.14. The Labute approximate surface area is 258 Å². The van der Waals surface area contributed by atoms with Crippen molar-refractivity contribution in [2.45, 2.75) is 19.4 Å². The number of primary amides is 1. The van der Waals surface area contributed by atoms with E-state index in [4.69, 9.17) is 10.5 Å². The molecule has 0 atom stereocenters. The summed E-state index contributed by atoms with van der Waals surface area (Å²) in [6.45, 7) is 2.91. The molecule has 236 valence electrons. The third-order valence-corrected chi connectivity index (χ3v) is 7.68. The van der Waals surface area contributed by atoms with Gasteiger partial charge in [-0.05, 0) is 42.3 Å². The molecule has 0 unspecified atom stereocenters. The molecule has 0 bridgehead atoms. The second kappa shape index (κ2) is 12.5. The average molecular weight is 622 g/mol. The van der Waals surface area contributed by atoms with E-state index in [-0.39, 0.29) is 46.7 Å². The lowest BCUT2D eigenvalue weighted by molar-refractivity contribution is -0.874. The minimum Gasteiger partial charge on any atom is -0.494 e. The van der Waals surface area contributed by atoms with Gasteiger partial charge < -0.3 is 30.5 Å². The van der Waals surface area contributed by atoms with Crippen molar-refractivity contribution in [2.75, 3.05) is 52.7 Å². The first-order valence-electron chi connectivity index (χ1n) is 14.3. The van der Waals surface area contributed by atoms with Crippen LogP contribution in [0.1, 0.15) is 22.8 Å². The largest absolute Gasteiger partial charge is 0.494 e. The zero-order valence-electron chi connectivity index (χ0n) is 25.4. The van der Waals surface area contributed by atoms with Crippen LogP contribution in [0.4, 0.5) is 20.3 Å². The summed E-state index contributed by atoms with van der Waals surface area (Å²) in [5, 5.41) is 6.21. The van der Waals surface area contributed by atoms with E-state index in [1.165, 1.54) is 31.6 Å². The van der Waals surface area contributed by atoms with Gasteiger partial charge in [0, 0.05) is 42.3 Å². The number of hydrogen-bond acceptors (Lipinski definition) is 7. The Morgan fingerprint density at radius 1 is 1.09 bits per heavy atom. The Balaban J connectivity index is 1.26. The van der Waals surface area contributed by atoms with Crippen LogP contribution >= 0.6 is 0 Å². The average Bonchev–Trinajstić information content (AvgIpc) is 3.39. The van der Waals surface area contributed by atoms with Crippen LogP contribution in [-0.2, 0) is 16.0 Å². The Hall–Kier alpha value is -5.11. The molecule has 5 rings (SSSR count). The highest BCUT2D eigenvalue weighted by Gasteiger charge is 2.35. The molecule has 4 N–H and O–H groups in total. The first-order valence-corrected chi connectivity index (χ1v) is 14.3. The van der Waals surface area contributed by atoms with Gasteiger partial charge in [0.25, 0.3) is 17.7 Å². The van der Waals surface area contributed by atoms with Crippen LogP contribution in [0.3, 0.4) is 0 Å². The van der Waals surface area contributed by atoms with Crippen LogP contribution in [0, 0.1) is 11.6 Å². The maximum atomic E-state index is 14.8. The normalized spacial score (nSPS) is 13.4. The number of hydrogen-bond donors (Lipinski definition) is 3. The summed E-state index contributed by atoms with van der Waals surface area (Å²) in [6, 6.07) is 7.91. The van der Waals surface area contributed by atoms with Crippen LogP contribution in [0.15, 0.2) is 48.9 Å². The third kappa shape index (κ3) is 6.55. The summed E-state index contributed by atoms with van der Waals surface area (Å²) in [4.78, 5) is 47.4. The SMILES string of the molecule is CCc1cc(Nc2nccn3c(-c4ccc(OC)c(F)c4F)cnc23)ccc1C(=O)NC1CN(C(=O)C[N+](C)(C)CC(N)=O)C1. The number of anilines is 2. The Kier molecular flexibility index (Phi) is 8.68. The summed E-state index contributed by atoms with van der Waals surface area (Å²) in [5.74, 6) is -2.77.